The van der Waals surface area contributed by atoms with Crippen LogP contribution in [0.2, 0.25) is 0 Å². The number of methoxy groups -OCH3 is 1. The molecule has 90 valence electrons. The quantitative estimate of drug-likeness (QED) is 0.856. The SMILES string of the molecule is COCc1cnc(CN2CCN[C@@H](C)C2)s1. The average molecular weight is 241 g/mol. The van der Waals surface area contributed by atoms with Gasteiger partial charge in [0.2, 0.25) is 0 Å². The minimum absolute atomic E-state index is 0.590. The highest BCUT2D eigenvalue weighted by molar-refractivity contribution is 7.11. The molecule has 4 nitrogen and oxygen atoms in total. The summed E-state index contributed by atoms with van der Waals surface area (Å²) >= 11 is 1.75. The predicted molar refractivity (Wildman–Crippen MR) is 65.6 cm³/mol. The summed E-state index contributed by atoms with van der Waals surface area (Å²) in [5.41, 5.74) is 0. The van der Waals surface area contributed by atoms with Crippen molar-refractivity contribution in [3.8, 4) is 0 Å². The summed E-state index contributed by atoms with van der Waals surface area (Å²) in [4.78, 5) is 8.09. The second kappa shape index (κ2) is 5.72. The molecule has 1 fully saturated rings. The molecule has 0 radical (unpaired) electrons. The minimum atomic E-state index is 0.590. The minimum Gasteiger partial charge on any atom is -0.379 e. The number of nitrogens with zero attached hydrogens (tertiary/aromatic N) is 2. The van der Waals surface area contributed by atoms with Gasteiger partial charge >= 0.3 is 0 Å². The van der Waals surface area contributed by atoms with Crippen LogP contribution in [0.3, 0.4) is 0 Å². The zero-order chi connectivity index (χ0) is 11.4. The lowest BCUT2D eigenvalue weighted by molar-refractivity contribution is 0.187. The molecule has 2 heterocycles. The van der Waals surface area contributed by atoms with Gasteiger partial charge in [-0.15, -0.1) is 11.3 Å². The number of rotatable bonds is 4. The van der Waals surface area contributed by atoms with Crippen LogP contribution in [-0.4, -0.2) is 42.7 Å². The predicted octanol–water partition coefficient (Wildman–Crippen LogP) is 1.08. The maximum Gasteiger partial charge on any atom is 0.107 e. The molecule has 1 N–H and O–H groups in total. The molecule has 0 amide bonds. The fraction of sp³-hybridized carbons (Fsp3) is 0.727. The first kappa shape index (κ1) is 12.0. The number of ether oxygens (including phenoxy) is 1. The third-order valence-corrected chi connectivity index (χ3v) is 3.66. The lowest BCUT2D eigenvalue weighted by Gasteiger charge is -2.31. The van der Waals surface area contributed by atoms with Crippen LogP contribution in [0.15, 0.2) is 6.20 Å². The number of thiazole rings is 1. The van der Waals surface area contributed by atoms with Gasteiger partial charge in [0.1, 0.15) is 5.01 Å². The molecule has 5 heteroatoms. The zero-order valence-corrected chi connectivity index (χ0v) is 10.7. The molecule has 0 unspecified atom stereocenters. The van der Waals surface area contributed by atoms with E-state index in [1.807, 2.05) is 6.20 Å². The number of piperazine rings is 1. The molecule has 1 atom stereocenters. The molecule has 0 bridgehead atoms. The Bertz CT molecular complexity index is 329. The smallest absolute Gasteiger partial charge is 0.107 e. The molecule has 1 saturated heterocycles. The molecule has 0 spiro atoms. The molecule has 1 aromatic heterocycles. The van der Waals surface area contributed by atoms with Gasteiger partial charge in [-0.1, -0.05) is 0 Å². The summed E-state index contributed by atoms with van der Waals surface area (Å²) in [6.07, 6.45) is 1.93. The van der Waals surface area contributed by atoms with E-state index in [1.165, 1.54) is 9.88 Å². The van der Waals surface area contributed by atoms with Crippen molar-refractivity contribution in [1.29, 1.82) is 0 Å². The van der Waals surface area contributed by atoms with Crippen molar-refractivity contribution in [3.05, 3.63) is 16.1 Å². The molecule has 1 aliphatic rings. The van der Waals surface area contributed by atoms with E-state index in [9.17, 15) is 0 Å². The van der Waals surface area contributed by atoms with Crippen LogP contribution in [0.25, 0.3) is 0 Å². The van der Waals surface area contributed by atoms with E-state index in [0.717, 1.165) is 26.2 Å². The Morgan fingerprint density at radius 1 is 1.69 bits per heavy atom. The van der Waals surface area contributed by atoms with Crippen molar-refractivity contribution < 1.29 is 4.74 Å². The molecule has 2 rings (SSSR count). The first-order chi connectivity index (χ1) is 7.78. The van der Waals surface area contributed by atoms with Gasteiger partial charge in [0, 0.05) is 39.0 Å². The first-order valence-electron chi connectivity index (χ1n) is 5.66. The van der Waals surface area contributed by atoms with Gasteiger partial charge in [-0.05, 0) is 6.92 Å². The van der Waals surface area contributed by atoms with Crippen LogP contribution >= 0.6 is 11.3 Å². The lowest BCUT2D eigenvalue weighted by atomic mass is 10.2. The van der Waals surface area contributed by atoms with Crippen LogP contribution in [0.1, 0.15) is 16.8 Å². The van der Waals surface area contributed by atoms with E-state index in [-0.39, 0.29) is 0 Å². The lowest BCUT2D eigenvalue weighted by Crippen LogP contribution is -2.48. The highest BCUT2D eigenvalue weighted by Gasteiger charge is 2.16. The molecule has 1 aliphatic heterocycles. The summed E-state index contributed by atoms with van der Waals surface area (Å²) in [6.45, 7) is 7.18. The van der Waals surface area contributed by atoms with Crippen molar-refractivity contribution >= 4 is 11.3 Å². The fourth-order valence-electron chi connectivity index (χ4n) is 1.98. The molecular formula is C11H19N3OS. The fourth-order valence-corrected chi connectivity index (χ4v) is 2.91. The molecule has 1 aromatic rings. The Labute approximate surface area is 101 Å². The summed E-state index contributed by atoms with van der Waals surface area (Å²) in [5.74, 6) is 0. The van der Waals surface area contributed by atoms with Gasteiger partial charge in [0.25, 0.3) is 0 Å². The van der Waals surface area contributed by atoms with Crippen molar-refractivity contribution in [1.82, 2.24) is 15.2 Å². The highest BCUT2D eigenvalue weighted by atomic mass is 32.1. The van der Waals surface area contributed by atoms with E-state index in [4.69, 9.17) is 4.74 Å². The third-order valence-electron chi connectivity index (χ3n) is 2.70. The van der Waals surface area contributed by atoms with Crippen molar-refractivity contribution in [2.24, 2.45) is 0 Å². The summed E-state index contributed by atoms with van der Waals surface area (Å²) < 4.78 is 5.10. The normalized spacial score (nSPS) is 22.5. The van der Waals surface area contributed by atoms with Crippen LogP contribution in [0.5, 0.6) is 0 Å². The van der Waals surface area contributed by atoms with E-state index >= 15 is 0 Å². The van der Waals surface area contributed by atoms with Crippen LogP contribution in [-0.2, 0) is 17.9 Å². The van der Waals surface area contributed by atoms with Gasteiger partial charge in [-0.25, -0.2) is 4.98 Å². The van der Waals surface area contributed by atoms with Crippen molar-refractivity contribution in [2.45, 2.75) is 26.1 Å². The number of nitrogens with one attached hydrogen (secondary N) is 1. The standard InChI is InChI=1S/C11H19N3OS/c1-9-6-14(4-3-12-9)7-11-13-5-10(16-11)8-15-2/h5,9,12H,3-4,6-8H2,1-2H3/t9-/m0/s1. The Morgan fingerprint density at radius 3 is 3.31 bits per heavy atom. The molecule has 16 heavy (non-hydrogen) atoms. The number of hydrogen-bond acceptors (Lipinski definition) is 5. The van der Waals surface area contributed by atoms with Crippen LogP contribution in [0, 0.1) is 0 Å². The van der Waals surface area contributed by atoms with E-state index < -0.39 is 0 Å². The molecular weight excluding hydrogens is 222 g/mol. The van der Waals surface area contributed by atoms with Gasteiger partial charge in [-0.3, -0.25) is 4.90 Å². The van der Waals surface area contributed by atoms with Crippen molar-refractivity contribution in [2.75, 3.05) is 26.7 Å². The first-order valence-corrected chi connectivity index (χ1v) is 6.48. The molecule has 0 aliphatic carbocycles. The molecule has 0 saturated carbocycles. The summed E-state index contributed by atoms with van der Waals surface area (Å²) in [6, 6.07) is 0.590. The third kappa shape index (κ3) is 3.25. The second-order valence-electron chi connectivity index (χ2n) is 4.24. The Balaban J connectivity index is 1.87. The highest BCUT2D eigenvalue weighted by Crippen LogP contribution is 2.16. The average Bonchev–Trinajstić information content (AvgIpc) is 2.66. The Kier molecular flexibility index (Phi) is 4.29. The van der Waals surface area contributed by atoms with Crippen LogP contribution in [0.4, 0.5) is 0 Å². The van der Waals surface area contributed by atoms with Gasteiger partial charge in [-0.2, -0.15) is 0 Å². The van der Waals surface area contributed by atoms with Gasteiger partial charge in [0.15, 0.2) is 0 Å². The second-order valence-corrected chi connectivity index (χ2v) is 5.44. The van der Waals surface area contributed by atoms with Gasteiger partial charge in [0.05, 0.1) is 18.0 Å². The molecule has 0 aromatic carbocycles. The van der Waals surface area contributed by atoms with Crippen LogP contribution < -0.4 is 5.32 Å². The number of aromatic nitrogens is 1. The zero-order valence-electron chi connectivity index (χ0n) is 9.90. The van der Waals surface area contributed by atoms with Gasteiger partial charge < -0.3 is 10.1 Å². The topological polar surface area (TPSA) is 37.4 Å². The summed E-state index contributed by atoms with van der Waals surface area (Å²) in [5, 5.41) is 4.64. The maximum absolute atomic E-state index is 5.10. The van der Waals surface area contributed by atoms with E-state index in [2.05, 4.69) is 22.1 Å². The summed E-state index contributed by atoms with van der Waals surface area (Å²) in [7, 11) is 1.72. The van der Waals surface area contributed by atoms with E-state index in [1.54, 1.807) is 18.4 Å². The monoisotopic (exact) mass is 241 g/mol. The maximum atomic E-state index is 5.10. The Hall–Kier alpha value is -0.490. The van der Waals surface area contributed by atoms with Crippen molar-refractivity contribution in [3.63, 3.8) is 0 Å². The Morgan fingerprint density at radius 2 is 2.56 bits per heavy atom. The number of hydrogen-bond donors (Lipinski definition) is 1. The van der Waals surface area contributed by atoms with E-state index in [0.29, 0.717) is 12.6 Å². The largest absolute Gasteiger partial charge is 0.379 e.